The summed E-state index contributed by atoms with van der Waals surface area (Å²) in [6.07, 6.45) is 0.877. The van der Waals surface area contributed by atoms with Gasteiger partial charge in [0.2, 0.25) is 0 Å². The van der Waals surface area contributed by atoms with Gasteiger partial charge in [0.15, 0.2) is 0 Å². The summed E-state index contributed by atoms with van der Waals surface area (Å²) in [6, 6.07) is 7.36. The van der Waals surface area contributed by atoms with E-state index in [1.54, 1.807) is 17.4 Å². The zero-order valence-electron chi connectivity index (χ0n) is 11.7. The van der Waals surface area contributed by atoms with E-state index in [0.717, 1.165) is 29.2 Å². The summed E-state index contributed by atoms with van der Waals surface area (Å²) in [5, 5.41) is 7.07. The maximum Gasteiger partial charge on any atom is 0.258 e. The lowest BCUT2D eigenvalue weighted by molar-refractivity contribution is 0.655. The summed E-state index contributed by atoms with van der Waals surface area (Å²) in [5.74, 6) is 0.660. The maximum absolute atomic E-state index is 11.9. The molecule has 108 valence electrons. The summed E-state index contributed by atoms with van der Waals surface area (Å²) < 4.78 is 0. The molecule has 0 unspecified atom stereocenters. The number of hydrogen-bond donors (Lipinski definition) is 2. The molecule has 2 N–H and O–H groups in total. The molecular formula is C15H16N4OS. The van der Waals surface area contributed by atoms with Crippen LogP contribution in [0.4, 0.5) is 0 Å². The van der Waals surface area contributed by atoms with Crippen LogP contribution in [0, 0.1) is 6.92 Å². The van der Waals surface area contributed by atoms with Crippen molar-refractivity contribution in [1.29, 1.82) is 0 Å². The first-order valence-corrected chi connectivity index (χ1v) is 7.70. The second-order valence-electron chi connectivity index (χ2n) is 4.81. The van der Waals surface area contributed by atoms with Gasteiger partial charge >= 0.3 is 0 Å². The minimum atomic E-state index is -0.0903. The van der Waals surface area contributed by atoms with E-state index in [1.807, 2.05) is 25.1 Å². The van der Waals surface area contributed by atoms with Gasteiger partial charge < -0.3 is 10.3 Å². The van der Waals surface area contributed by atoms with Gasteiger partial charge in [-0.1, -0.05) is 12.1 Å². The Morgan fingerprint density at radius 3 is 2.95 bits per heavy atom. The largest absolute Gasteiger partial charge is 0.310 e. The minimum absolute atomic E-state index is 0.0903. The molecule has 5 nitrogen and oxygen atoms in total. The lowest BCUT2D eigenvalue weighted by atomic mass is 10.2. The summed E-state index contributed by atoms with van der Waals surface area (Å²) in [7, 11) is 0. The van der Waals surface area contributed by atoms with Gasteiger partial charge in [-0.2, -0.15) is 0 Å². The SMILES string of the molecule is Cc1nc(CCNCc2nc3ccccc3c(=O)[nH]2)cs1. The van der Waals surface area contributed by atoms with Crippen LogP contribution in [0.15, 0.2) is 34.4 Å². The van der Waals surface area contributed by atoms with Crippen LogP contribution in [0.1, 0.15) is 16.5 Å². The molecule has 0 bridgehead atoms. The highest BCUT2D eigenvalue weighted by atomic mass is 32.1. The van der Waals surface area contributed by atoms with Crippen molar-refractivity contribution in [3.05, 3.63) is 56.5 Å². The van der Waals surface area contributed by atoms with Crippen molar-refractivity contribution in [2.75, 3.05) is 6.54 Å². The van der Waals surface area contributed by atoms with Crippen molar-refractivity contribution in [2.24, 2.45) is 0 Å². The number of para-hydroxylation sites is 1. The smallest absolute Gasteiger partial charge is 0.258 e. The van der Waals surface area contributed by atoms with Crippen molar-refractivity contribution >= 4 is 22.2 Å². The number of aromatic amines is 1. The fraction of sp³-hybridized carbons (Fsp3) is 0.267. The summed E-state index contributed by atoms with van der Waals surface area (Å²) in [6.45, 7) is 3.36. The first kappa shape index (κ1) is 13.9. The van der Waals surface area contributed by atoms with Crippen LogP contribution < -0.4 is 10.9 Å². The summed E-state index contributed by atoms with van der Waals surface area (Å²) in [5.41, 5.74) is 1.74. The lowest BCUT2D eigenvalue weighted by Gasteiger charge is -2.04. The molecule has 21 heavy (non-hydrogen) atoms. The molecule has 0 spiro atoms. The summed E-state index contributed by atoms with van der Waals surface area (Å²) >= 11 is 1.66. The Labute approximate surface area is 126 Å². The van der Waals surface area contributed by atoms with Crippen molar-refractivity contribution in [3.63, 3.8) is 0 Å². The maximum atomic E-state index is 11.9. The van der Waals surface area contributed by atoms with Crippen molar-refractivity contribution in [2.45, 2.75) is 19.9 Å². The second kappa shape index (κ2) is 6.15. The monoisotopic (exact) mass is 300 g/mol. The topological polar surface area (TPSA) is 70.7 Å². The molecule has 3 rings (SSSR count). The third-order valence-corrected chi connectivity index (χ3v) is 4.00. The highest BCUT2D eigenvalue weighted by molar-refractivity contribution is 7.09. The van der Waals surface area contributed by atoms with Gasteiger partial charge in [0.1, 0.15) is 5.82 Å². The van der Waals surface area contributed by atoms with E-state index in [0.29, 0.717) is 17.8 Å². The van der Waals surface area contributed by atoms with Gasteiger partial charge in [-0.05, 0) is 19.1 Å². The molecule has 0 radical (unpaired) electrons. The Morgan fingerprint density at radius 1 is 1.29 bits per heavy atom. The number of thiazole rings is 1. The fourth-order valence-electron chi connectivity index (χ4n) is 2.16. The van der Waals surface area contributed by atoms with E-state index in [9.17, 15) is 4.79 Å². The Balaban J connectivity index is 1.61. The number of hydrogen-bond acceptors (Lipinski definition) is 5. The third-order valence-electron chi connectivity index (χ3n) is 3.18. The van der Waals surface area contributed by atoms with Gasteiger partial charge in [-0.15, -0.1) is 11.3 Å². The Bertz CT molecular complexity index is 809. The zero-order valence-corrected chi connectivity index (χ0v) is 12.5. The van der Waals surface area contributed by atoms with E-state index in [4.69, 9.17) is 0 Å². The number of rotatable bonds is 5. The quantitative estimate of drug-likeness (QED) is 0.707. The minimum Gasteiger partial charge on any atom is -0.310 e. The average Bonchev–Trinajstić information content (AvgIpc) is 2.89. The molecule has 6 heteroatoms. The normalized spacial score (nSPS) is 11.1. The standard InChI is InChI=1S/C15H16N4OS/c1-10-17-11(9-21-10)6-7-16-8-14-18-13-5-3-2-4-12(13)15(20)19-14/h2-5,9,16H,6-8H2,1H3,(H,18,19,20). The highest BCUT2D eigenvalue weighted by Gasteiger charge is 2.03. The number of benzene rings is 1. The molecule has 0 aliphatic rings. The number of fused-ring (bicyclic) bond motifs is 1. The molecule has 0 saturated carbocycles. The third kappa shape index (κ3) is 3.34. The number of aromatic nitrogens is 3. The van der Waals surface area contributed by atoms with Gasteiger partial charge in [-0.3, -0.25) is 4.79 Å². The van der Waals surface area contributed by atoms with Crippen molar-refractivity contribution in [1.82, 2.24) is 20.3 Å². The second-order valence-corrected chi connectivity index (χ2v) is 5.88. The van der Waals surface area contributed by atoms with Crippen LogP contribution in [0.2, 0.25) is 0 Å². The Morgan fingerprint density at radius 2 is 2.14 bits per heavy atom. The van der Waals surface area contributed by atoms with E-state index < -0.39 is 0 Å². The molecule has 0 fully saturated rings. The van der Waals surface area contributed by atoms with Crippen LogP contribution >= 0.6 is 11.3 Å². The molecule has 0 aliphatic heterocycles. The molecule has 0 amide bonds. The Kier molecular flexibility index (Phi) is 4.08. The van der Waals surface area contributed by atoms with Gasteiger partial charge in [-0.25, -0.2) is 9.97 Å². The molecular weight excluding hydrogens is 284 g/mol. The predicted octanol–water partition coefficient (Wildman–Crippen LogP) is 2.02. The lowest BCUT2D eigenvalue weighted by Crippen LogP contribution is -2.21. The van der Waals surface area contributed by atoms with Gasteiger partial charge in [0.05, 0.1) is 28.1 Å². The molecule has 0 aliphatic carbocycles. The molecule has 2 heterocycles. The van der Waals surface area contributed by atoms with Gasteiger partial charge in [0, 0.05) is 18.3 Å². The molecule has 0 saturated heterocycles. The van der Waals surface area contributed by atoms with Gasteiger partial charge in [0.25, 0.3) is 5.56 Å². The van der Waals surface area contributed by atoms with Crippen LogP contribution in [0.3, 0.4) is 0 Å². The first-order chi connectivity index (χ1) is 10.2. The molecule has 2 aromatic heterocycles. The van der Waals surface area contributed by atoms with Crippen molar-refractivity contribution < 1.29 is 0 Å². The van der Waals surface area contributed by atoms with E-state index in [1.165, 1.54) is 0 Å². The number of nitrogens with zero attached hydrogens (tertiary/aromatic N) is 2. The highest BCUT2D eigenvalue weighted by Crippen LogP contribution is 2.08. The summed E-state index contributed by atoms with van der Waals surface area (Å²) in [4.78, 5) is 23.6. The molecule has 3 aromatic rings. The number of H-pyrrole nitrogens is 1. The van der Waals surface area contributed by atoms with Crippen LogP contribution in [-0.4, -0.2) is 21.5 Å². The Hall–Kier alpha value is -2.05. The zero-order chi connectivity index (χ0) is 14.7. The number of nitrogens with one attached hydrogen (secondary N) is 2. The average molecular weight is 300 g/mol. The fourth-order valence-corrected chi connectivity index (χ4v) is 2.81. The van der Waals surface area contributed by atoms with E-state index in [2.05, 4.69) is 25.6 Å². The predicted molar refractivity (Wildman–Crippen MR) is 84.6 cm³/mol. The molecule has 0 atom stereocenters. The van der Waals surface area contributed by atoms with Crippen LogP contribution in [0.25, 0.3) is 10.9 Å². The number of aryl methyl sites for hydroxylation is 1. The first-order valence-electron chi connectivity index (χ1n) is 6.82. The molecule has 1 aromatic carbocycles. The van der Waals surface area contributed by atoms with Crippen LogP contribution in [-0.2, 0) is 13.0 Å². The van der Waals surface area contributed by atoms with Crippen LogP contribution in [0.5, 0.6) is 0 Å². The van der Waals surface area contributed by atoms with Crippen molar-refractivity contribution in [3.8, 4) is 0 Å². The van der Waals surface area contributed by atoms with E-state index in [-0.39, 0.29) is 5.56 Å². The van der Waals surface area contributed by atoms with E-state index >= 15 is 0 Å².